The van der Waals surface area contributed by atoms with Crippen LogP contribution < -0.4 is 5.32 Å². The Bertz CT molecular complexity index is 894. The van der Waals surface area contributed by atoms with Crippen LogP contribution in [0.15, 0.2) is 12.1 Å². The van der Waals surface area contributed by atoms with Crippen molar-refractivity contribution in [1.29, 1.82) is 0 Å². The predicted molar refractivity (Wildman–Crippen MR) is 104 cm³/mol. The van der Waals surface area contributed by atoms with Gasteiger partial charge in [0, 0.05) is 36.5 Å². The second-order valence-corrected chi connectivity index (χ2v) is 6.79. The van der Waals surface area contributed by atoms with E-state index in [-0.39, 0.29) is 11.8 Å². The summed E-state index contributed by atoms with van der Waals surface area (Å²) in [6.07, 6.45) is 1.92. The van der Waals surface area contributed by atoms with Crippen LogP contribution >= 0.6 is 0 Å². The molecule has 1 saturated heterocycles. The van der Waals surface area contributed by atoms with Gasteiger partial charge in [0.05, 0.1) is 5.69 Å². The van der Waals surface area contributed by atoms with Crippen LogP contribution in [-0.4, -0.2) is 43.8 Å². The standard InChI is InChI=1S/C20H24N6O/c1-5-7-19(27)26-9-6-8-16(12-26)17-11-18(24-15(4)23-17)25-20-21-13(2)10-14(3)22-20/h10-11,16H,6,8-9,12H2,1-4H3,(H,21,22,23,24,25). The predicted octanol–water partition coefficient (Wildman–Crippen LogP) is 2.66. The summed E-state index contributed by atoms with van der Waals surface area (Å²) in [6.45, 7) is 8.79. The Balaban J connectivity index is 1.82. The number of carbonyl (C=O) groups is 1. The zero-order chi connectivity index (χ0) is 19.4. The van der Waals surface area contributed by atoms with E-state index >= 15 is 0 Å². The Hall–Kier alpha value is -3.01. The molecule has 7 heteroatoms. The first-order valence-corrected chi connectivity index (χ1v) is 9.11. The molecule has 140 valence electrons. The third kappa shape index (κ3) is 4.79. The van der Waals surface area contributed by atoms with E-state index in [1.165, 1.54) is 0 Å². The fraction of sp³-hybridized carbons (Fsp3) is 0.450. The Kier molecular flexibility index (Phi) is 5.65. The average Bonchev–Trinajstić information content (AvgIpc) is 2.60. The van der Waals surface area contributed by atoms with Gasteiger partial charge in [0.1, 0.15) is 11.6 Å². The molecule has 1 aliphatic heterocycles. The van der Waals surface area contributed by atoms with E-state index in [1.807, 2.05) is 37.8 Å². The number of aromatic nitrogens is 4. The zero-order valence-corrected chi connectivity index (χ0v) is 16.2. The van der Waals surface area contributed by atoms with Gasteiger partial charge in [-0.1, -0.05) is 5.92 Å². The molecule has 3 rings (SSSR count). The maximum atomic E-state index is 12.1. The van der Waals surface area contributed by atoms with Gasteiger partial charge in [-0.2, -0.15) is 0 Å². The van der Waals surface area contributed by atoms with Crippen molar-refractivity contribution in [3.8, 4) is 11.8 Å². The summed E-state index contributed by atoms with van der Waals surface area (Å²) in [5, 5.41) is 3.18. The number of carbonyl (C=O) groups excluding carboxylic acids is 1. The van der Waals surface area contributed by atoms with E-state index in [9.17, 15) is 4.79 Å². The number of likely N-dealkylation sites (tertiary alicyclic amines) is 1. The molecule has 1 fully saturated rings. The van der Waals surface area contributed by atoms with E-state index in [2.05, 4.69) is 37.1 Å². The second-order valence-electron chi connectivity index (χ2n) is 6.79. The fourth-order valence-electron chi connectivity index (χ4n) is 3.35. The quantitative estimate of drug-likeness (QED) is 0.843. The van der Waals surface area contributed by atoms with Gasteiger partial charge in [0.15, 0.2) is 0 Å². The zero-order valence-electron chi connectivity index (χ0n) is 16.2. The number of aryl methyl sites for hydroxylation is 3. The highest BCUT2D eigenvalue weighted by Gasteiger charge is 2.25. The molecular formula is C20H24N6O. The Labute approximate surface area is 159 Å². The molecule has 0 saturated carbocycles. The highest BCUT2D eigenvalue weighted by Crippen LogP contribution is 2.27. The first kappa shape index (κ1) is 18.8. The Morgan fingerprint density at radius 1 is 1.15 bits per heavy atom. The molecule has 7 nitrogen and oxygen atoms in total. The van der Waals surface area contributed by atoms with Crippen molar-refractivity contribution in [2.24, 2.45) is 0 Å². The summed E-state index contributed by atoms with van der Waals surface area (Å²) in [6, 6.07) is 3.85. The summed E-state index contributed by atoms with van der Waals surface area (Å²) in [4.78, 5) is 31.8. The minimum atomic E-state index is -0.116. The van der Waals surface area contributed by atoms with Gasteiger partial charge < -0.3 is 10.2 Å². The maximum absolute atomic E-state index is 12.1. The number of hydrogen-bond donors (Lipinski definition) is 1. The van der Waals surface area contributed by atoms with Crippen LogP contribution in [0.1, 0.15) is 48.6 Å². The fourth-order valence-corrected chi connectivity index (χ4v) is 3.35. The summed E-state index contributed by atoms with van der Waals surface area (Å²) in [7, 11) is 0. The lowest BCUT2D eigenvalue weighted by atomic mass is 9.94. The van der Waals surface area contributed by atoms with Crippen molar-refractivity contribution < 1.29 is 4.79 Å². The lowest BCUT2D eigenvalue weighted by molar-refractivity contribution is -0.126. The van der Waals surface area contributed by atoms with E-state index in [0.717, 1.165) is 36.5 Å². The molecule has 0 aliphatic carbocycles. The molecule has 2 aromatic rings. The molecular weight excluding hydrogens is 340 g/mol. The van der Waals surface area contributed by atoms with Gasteiger partial charge in [-0.3, -0.25) is 4.79 Å². The minimum absolute atomic E-state index is 0.116. The molecule has 27 heavy (non-hydrogen) atoms. The summed E-state index contributed by atoms with van der Waals surface area (Å²) in [5.41, 5.74) is 2.72. The van der Waals surface area contributed by atoms with E-state index < -0.39 is 0 Å². The molecule has 0 spiro atoms. The second kappa shape index (κ2) is 8.12. The number of rotatable bonds is 3. The Morgan fingerprint density at radius 2 is 1.89 bits per heavy atom. The maximum Gasteiger partial charge on any atom is 0.298 e. The smallest absolute Gasteiger partial charge is 0.298 e. The molecule has 1 N–H and O–H groups in total. The topological polar surface area (TPSA) is 83.9 Å². The molecule has 0 radical (unpaired) electrons. The highest BCUT2D eigenvalue weighted by atomic mass is 16.2. The first-order chi connectivity index (χ1) is 12.9. The van der Waals surface area contributed by atoms with Crippen molar-refractivity contribution in [2.45, 2.75) is 46.5 Å². The van der Waals surface area contributed by atoms with Crippen molar-refractivity contribution in [3.05, 3.63) is 35.0 Å². The average molecular weight is 364 g/mol. The number of amides is 1. The summed E-state index contributed by atoms with van der Waals surface area (Å²) in [5.74, 6) is 7.23. The van der Waals surface area contributed by atoms with Crippen molar-refractivity contribution >= 4 is 17.7 Å². The van der Waals surface area contributed by atoms with Crippen LogP contribution in [0.3, 0.4) is 0 Å². The number of anilines is 2. The molecule has 2 aromatic heterocycles. The van der Waals surface area contributed by atoms with Gasteiger partial charge in [-0.05, 0) is 52.5 Å². The Morgan fingerprint density at radius 3 is 2.59 bits per heavy atom. The van der Waals surface area contributed by atoms with Crippen LogP contribution in [0.2, 0.25) is 0 Å². The molecule has 3 heterocycles. The van der Waals surface area contributed by atoms with Gasteiger partial charge >= 0.3 is 0 Å². The third-order valence-electron chi connectivity index (χ3n) is 4.44. The summed E-state index contributed by atoms with van der Waals surface area (Å²) >= 11 is 0. The highest BCUT2D eigenvalue weighted by molar-refractivity contribution is 5.93. The van der Waals surface area contributed by atoms with E-state index in [1.54, 1.807) is 6.92 Å². The van der Waals surface area contributed by atoms with Gasteiger partial charge in [0.25, 0.3) is 5.91 Å². The van der Waals surface area contributed by atoms with Gasteiger partial charge in [-0.25, -0.2) is 19.9 Å². The minimum Gasteiger partial charge on any atom is -0.331 e. The molecule has 0 bridgehead atoms. The van der Waals surface area contributed by atoms with Crippen LogP contribution in [0, 0.1) is 32.6 Å². The monoisotopic (exact) mass is 364 g/mol. The molecule has 1 amide bonds. The normalized spacial score (nSPS) is 16.4. The van der Waals surface area contributed by atoms with Crippen LogP contribution in [-0.2, 0) is 4.79 Å². The van der Waals surface area contributed by atoms with Crippen LogP contribution in [0.4, 0.5) is 11.8 Å². The number of nitrogens with one attached hydrogen (secondary N) is 1. The molecule has 1 atom stereocenters. The van der Waals surface area contributed by atoms with Crippen molar-refractivity contribution in [2.75, 3.05) is 18.4 Å². The third-order valence-corrected chi connectivity index (χ3v) is 4.44. The van der Waals surface area contributed by atoms with E-state index in [4.69, 9.17) is 0 Å². The van der Waals surface area contributed by atoms with E-state index in [0.29, 0.717) is 24.1 Å². The number of piperidine rings is 1. The van der Waals surface area contributed by atoms with Gasteiger partial charge in [-0.15, -0.1) is 0 Å². The lowest BCUT2D eigenvalue weighted by Gasteiger charge is -2.31. The van der Waals surface area contributed by atoms with Crippen LogP contribution in [0.5, 0.6) is 0 Å². The largest absolute Gasteiger partial charge is 0.331 e. The summed E-state index contributed by atoms with van der Waals surface area (Å²) < 4.78 is 0. The molecule has 1 aliphatic rings. The number of hydrogen-bond acceptors (Lipinski definition) is 6. The van der Waals surface area contributed by atoms with Gasteiger partial charge in [0.2, 0.25) is 5.95 Å². The first-order valence-electron chi connectivity index (χ1n) is 9.11. The molecule has 0 aromatic carbocycles. The number of nitrogens with zero attached hydrogens (tertiary/aromatic N) is 5. The lowest BCUT2D eigenvalue weighted by Crippen LogP contribution is -2.38. The van der Waals surface area contributed by atoms with Crippen molar-refractivity contribution in [3.63, 3.8) is 0 Å². The van der Waals surface area contributed by atoms with Crippen LogP contribution in [0.25, 0.3) is 0 Å². The van der Waals surface area contributed by atoms with Crippen molar-refractivity contribution in [1.82, 2.24) is 24.8 Å². The molecule has 1 unspecified atom stereocenters. The SMILES string of the molecule is CC#CC(=O)N1CCCC(c2cc(Nc3nc(C)cc(C)n3)nc(C)n2)C1.